The van der Waals surface area contributed by atoms with Crippen molar-refractivity contribution in [3.63, 3.8) is 0 Å². The molecular weight excluding hydrogens is 517 g/mol. The third kappa shape index (κ3) is 7.19. The Hall–Kier alpha value is -3.37. The van der Waals surface area contributed by atoms with Gasteiger partial charge >= 0.3 is 0 Å². The third-order valence-electron chi connectivity index (χ3n) is 6.85. The maximum absolute atomic E-state index is 14.6. The van der Waals surface area contributed by atoms with Crippen LogP contribution < -0.4 is 15.4 Å². The summed E-state index contributed by atoms with van der Waals surface area (Å²) in [6.45, 7) is 10.8. The summed E-state index contributed by atoms with van der Waals surface area (Å²) in [6.07, 6.45) is 1.85. The third-order valence-corrected chi connectivity index (χ3v) is 8.08. The van der Waals surface area contributed by atoms with Crippen LogP contribution in [-0.4, -0.2) is 36.4 Å². The Kier molecular flexibility index (Phi) is 8.09. The number of halogens is 1. The van der Waals surface area contributed by atoms with Crippen LogP contribution in [0.1, 0.15) is 75.1 Å². The van der Waals surface area contributed by atoms with Crippen molar-refractivity contribution in [2.45, 2.75) is 69.5 Å². The number of nitrogens with one attached hydrogen (secondary N) is 3. The van der Waals surface area contributed by atoms with Gasteiger partial charge in [0.1, 0.15) is 5.82 Å². The van der Waals surface area contributed by atoms with Crippen LogP contribution in [0.3, 0.4) is 0 Å². The number of anilines is 1. The van der Waals surface area contributed by atoms with Crippen LogP contribution in [0.25, 0.3) is 0 Å². The van der Waals surface area contributed by atoms with Crippen molar-refractivity contribution in [2.75, 3.05) is 11.9 Å². The Morgan fingerprint density at radius 3 is 2.41 bits per heavy atom. The molecule has 3 aromatic rings. The minimum atomic E-state index is -4.38. The zero-order chi connectivity index (χ0) is 28.4. The molecule has 0 saturated carbocycles. The maximum atomic E-state index is 14.6. The second-order valence-corrected chi connectivity index (χ2v) is 13.4. The van der Waals surface area contributed by atoms with Crippen LogP contribution in [0, 0.1) is 11.9 Å². The number of carbonyl (C=O) groups is 1. The van der Waals surface area contributed by atoms with Crippen molar-refractivity contribution in [1.82, 2.24) is 20.0 Å². The number of carbonyl (C=O) groups excluding carboxylic acids is 1. The van der Waals surface area contributed by atoms with Crippen molar-refractivity contribution < 1.29 is 17.6 Å². The lowest BCUT2D eigenvalue weighted by Crippen LogP contribution is -2.32. The zero-order valence-corrected chi connectivity index (χ0v) is 23.8. The molecule has 1 aliphatic heterocycles. The van der Waals surface area contributed by atoms with E-state index in [2.05, 4.69) is 34.4 Å². The first-order valence-electron chi connectivity index (χ1n) is 13.0. The summed E-state index contributed by atoms with van der Waals surface area (Å²) in [5.41, 5.74) is 0.690. The first kappa shape index (κ1) is 28.6. The van der Waals surface area contributed by atoms with E-state index in [9.17, 15) is 17.6 Å². The van der Waals surface area contributed by atoms with E-state index < -0.39 is 32.9 Å². The van der Waals surface area contributed by atoms with Gasteiger partial charge < -0.3 is 10.6 Å². The van der Waals surface area contributed by atoms with E-state index in [0.29, 0.717) is 17.4 Å². The summed E-state index contributed by atoms with van der Waals surface area (Å²) in [7, 11) is -4.38. The minimum absolute atomic E-state index is 0.0679. The van der Waals surface area contributed by atoms with Gasteiger partial charge in [0, 0.05) is 16.6 Å². The van der Waals surface area contributed by atoms with Gasteiger partial charge in [0.25, 0.3) is 15.9 Å². The fraction of sp³-hybridized carbons (Fsp3) is 0.414. The molecule has 1 unspecified atom stereocenters. The van der Waals surface area contributed by atoms with Crippen molar-refractivity contribution >= 4 is 21.7 Å². The van der Waals surface area contributed by atoms with E-state index in [-0.39, 0.29) is 16.6 Å². The highest BCUT2D eigenvalue weighted by Gasteiger charge is 2.32. The summed E-state index contributed by atoms with van der Waals surface area (Å²) in [6, 6.07) is 17.1. The molecule has 1 saturated heterocycles. The molecule has 208 valence electrons. The van der Waals surface area contributed by atoms with Gasteiger partial charge in [0.15, 0.2) is 5.03 Å². The molecule has 0 bridgehead atoms. The Morgan fingerprint density at radius 1 is 1.08 bits per heavy atom. The topological polar surface area (TPSA) is 113 Å². The number of benzene rings is 1. The molecule has 3 heterocycles. The first-order chi connectivity index (χ1) is 18.2. The molecule has 2 atom stereocenters. The summed E-state index contributed by atoms with van der Waals surface area (Å²) >= 11 is 0. The highest BCUT2D eigenvalue weighted by Crippen LogP contribution is 2.33. The SMILES string of the molecule is CC1(C)C[C@H](CC(Nc2cccc(S(=O)(=O)NC(=O)c3ccc(C(C)(C)C)nc3F)n2)c2ccccc2)CN1. The van der Waals surface area contributed by atoms with Crippen LogP contribution in [-0.2, 0) is 15.4 Å². The minimum Gasteiger partial charge on any atom is -0.363 e. The van der Waals surface area contributed by atoms with Gasteiger partial charge in [-0.2, -0.15) is 12.8 Å². The number of pyridine rings is 2. The number of amides is 1. The van der Waals surface area contributed by atoms with E-state index in [1.54, 1.807) is 12.1 Å². The predicted molar refractivity (Wildman–Crippen MR) is 149 cm³/mol. The van der Waals surface area contributed by atoms with E-state index in [0.717, 1.165) is 24.9 Å². The van der Waals surface area contributed by atoms with Gasteiger partial charge in [-0.1, -0.05) is 57.2 Å². The molecule has 10 heteroatoms. The lowest BCUT2D eigenvalue weighted by Gasteiger charge is -2.24. The van der Waals surface area contributed by atoms with E-state index in [4.69, 9.17) is 0 Å². The van der Waals surface area contributed by atoms with Crippen LogP contribution in [0.2, 0.25) is 0 Å². The number of nitrogens with zero attached hydrogens (tertiary/aromatic N) is 2. The van der Waals surface area contributed by atoms with Gasteiger partial charge in [-0.15, -0.1) is 0 Å². The van der Waals surface area contributed by atoms with E-state index in [1.807, 2.05) is 55.8 Å². The molecule has 2 aromatic heterocycles. The highest BCUT2D eigenvalue weighted by atomic mass is 32.2. The Morgan fingerprint density at radius 2 is 1.79 bits per heavy atom. The van der Waals surface area contributed by atoms with Crippen LogP contribution in [0.5, 0.6) is 0 Å². The molecular formula is C29H36FN5O3S. The fourth-order valence-electron chi connectivity index (χ4n) is 4.82. The van der Waals surface area contributed by atoms with E-state index >= 15 is 0 Å². The summed E-state index contributed by atoms with van der Waals surface area (Å²) in [4.78, 5) is 20.8. The Bertz CT molecular complexity index is 1440. The fourth-order valence-corrected chi connectivity index (χ4v) is 5.76. The van der Waals surface area contributed by atoms with Gasteiger partial charge in [-0.05, 0) is 69.0 Å². The largest absolute Gasteiger partial charge is 0.363 e. The molecule has 3 N–H and O–H groups in total. The van der Waals surface area contributed by atoms with Crippen LogP contribution >= 0.6 is 0 Å². The molecule has 39 heavy (non-hydrogen) atoms. The monoisotopic (exact) mass is 553 g/mol. The van der Waals surface area contributed by atoms with Crippen LogP contribution in [0.15, 0.2) is 65.7 Å². The average molecular weight is 554 g/mol. The summed E-state index contributed by atoms with van der Waals surface area (Å²) < 4.78 is 42.6. The maximum Gasteiger partial charge on any atom is 0.281 e. The second-order valence-electron chi connectivity index (χ2n) is 11.8. The van der Waals surface area contributed by atoms with E-state index in [1.165, 1.54) is 18.2 Å². The van der Waals surface area contributed by atoms with Crippen LogP contribution in [0.4, 0.5) is 10.2 Å². The highest BCUT2D eigenvalue weighted by molar-refractivity contribution is 7.90. The lowest BCUT2D eigenvalue weighted by atomic mass is 9.89. The smallest absolute Gasteiger partial charge is 0.281 e. The molecule has 0 radical (unpaired) electrons. The van der Waals surface area contributed by atoms with Crippen molar-refractivity contribution in [1.29, 1.82) is 0 Å². The van der Waals surface area contributed by atoms with Gasteiger partial charge in [-0.3, -0.25) is 4.79 Å². The molecule has 1 aliphatic rings. The van der Waals surface area contributed by atoms with Crippen molar-refractivity contribution in [2.24, 2.45) is 5.92 Å². The number of hydrogen-bond acceptors (Lipinski definition) is 7. The number of sulfonamides is 1. The molecule has 0 aliphatic carbocycles. The number of hydrogen-bond donors (Lipinski definition) is 3. The molecule has 8 nitrogen and oxygen atoms in total. The Labute approximate surface area is 229 Å². The quantitative estimate of drug-likeness (QED) is 0.338. The average Bonchev–Trinajstić information content (AvgIpc) is 3.21. The lowest BCUT2D eigenvalue weighted by molar-refractivity contribution is 0.0976. The first-order valence-corrected chi connectivity index (χ1v) is 14.5. The molecule has 0 spiro atoms. The molecule has 1 amide bonds. The van der Waals surface area contributed by atoms with Crippen molar-refractivity contribution in [3.8, 4) is 0 Å². The molecule has 1 fully saturated rings. The molecule has 1 aromatic carbocycles. The standard InChI is InChI=1S/C29H36FN5O3S/c1-28(2,3)23-15-14-21(26(30)33-23)27(36)35-39(37,38)25-13-9-12-24(34-25)32-22(20-10-7-6-8-11-20)16-19-17-29(4,5)31-18-19/h6-15,19,22,31H,16-18H2,1-5H3,(H,32,34)(H,35,36)/t19-,22?/m0/s1. The number of aromatic nitrogens is 2. The van der Waals surface area contributed by atoms with Gasteiger partial charge in [0.05, 0.1) is 11.6 Å². The van der Waals surface area contributed by atoms with Gasteiger partial charge in [-0.25, -0.2) is 14.7 Å². The summed E-state index contributed by atoms with van der Waals surface area (Å²) in [5.74, 6) is -1.36. The molecule has 4 rings (SSSR count). The second kappa shape index (κ2) is 11.0. The predicted octanol–water partition coefficient (Wildman–Crippen LogP) is 4.96. The zero-order valence-electron chi connectivity index (χ0n) is 23.0. The van der Waals surface area contributed by atoms with Gasteiger partial charge in [0.2, 0.25) is 5.95 Å². The van der Waals surface area contributed by atoms with Crippen molar-refractivity contribution in [3.05, 3.63) is 83.4 Å². The summed E-state index contributed by atoms with van der Waals surface area (Å²) in [5, 5.41) is 6.59. The number of rotatable bonds is 8. The normalized spacial score (nSPS) is 17.9. The Balaban J connectivity index is 1.53.